The number of nitrogens with one attached hydrogen (secondary N) is 1. The highest BCUT2D eigenvalue weighted by atomic mass is 35.5. The van der Waals surface area contributed by atoms with E-state index in [1.165, 1.54) is 6.42 Å². The standard InChI is InChI=1S/C17H28ClNO/c1-6-19-16(10-11-17(3,4)5)13(2)20-15-9-7-8-14(18)12-15/h7-9,12-13,16,19H,6,10-11H2,1-5H3. The Morgan fingerprint density at radius 3 is 2.55 bits per heavy atom. The fourth-order valence-corrected chi connectivity index (χ4v) is 2.37. The lowest BCUT2D eigenvalue weighted by atomic mass is 9.87. The summed E-state index contributed by atoms with van der Waals surface area (Å²) in [5, 5.41) is 4.24. The van der Waals surface area contributed by atoms with Crippen LogP contribution in [0, 0.1) is 5.41 Å². The van der Waals surface area contributed by atoms with Crippen LogP contribution in [0.2, 0.25) is 5.02 Å². The van der Waals surface area contributed by atoms with E-state index in [9.17, 15) is 0 Å². The van der Waals surface area contributed by atoms with Crippen molar-refractivity contribution in [1.29, 1.82) is 0 Å². The first-order valence-electron chi connectivity index (χ1n) is 7.47. The molecule has 2 atom stereocenters. The van der Waals surface area contributed by atoms with E-state index in [4.69, 9.17) is 16.3 Å². The molecule has 0 aromatic heterocycles. The zero-order chi connectivity index (χ0) is 15.2. The summed E-state index contributed by atoms with van der Waals surface area (Å²) in [5.41, 5.74) is 0.351. The van der Waals surface area contributed by atoms with Gasteiger partial charge in [0.05, 0.1) is 0 Å². The minimum Gasteiger partial charge on any atom is -0.489 e. The number of ether oxygens (including phenoxy) is 1. The molecule has 0 heterocycles. The molecule has 1 N–H and O–H groups in total. The molecule has 2 unspecified atom stereocenters. The molecule has 0 saturated heterocycles. The predicted octanol–water partition coefficient (Wildman–Crippen LogP) is 4.91. The van der Waals surface area contributed by atoms with Gasteiger partial charge in [0.1, 0.15) is 11.9 Å². The quantitative estimate of drug-likeness (QED) is 0.772. The molecule has 3 heteroatoms. The van der Waals surface area contributed by atoms with Crippen molar-refractivity contribution < 1.29 is 4.74 Å². The summed E-state index contributed by atoms with van der Waals surface area (Å²) >= 11 is 5.99. The molecule has 1 aromatic rings. The molecule has 114 valence electrons. The van der Waals surface area contributed by atoms with Gasteiger partial charge in [-0.15, -0.1) is 0 Å². The Hall–Kier alpha value is -0.730. The highest BCUT2D eigenvalue weighted by Gasteiger charge is 2.21. The van der Waals surface area contributed by atoms with Crippen molar-refractivity contribution in [1.82, 2.24) is 5.32 Å². The Balaban J connectivity index is 2.61. The van der Waals surface area contributed by atoms with Gasteiger partial charge in [-0.1, -0.05) is 45.4 Å². The van der Waals surface area contributed by atoms with Crippen molar-refractivity contribution in [2.75, 3.05) is 6.54 Å². The molecule has 0 amide bonds. The van der Waals surface area contributed by atoms with Crippen LogP contribution in [0.3, 0.4) is 0 Å². The Morgan fingerprint density at radius 2 is 2.00 bits per heavy atom. The van der Waals surface area contributed by atoms with Crippen molar-refractivity contribution in [3.05, 3.63) is 29.3 Å². The normalized spacial score (nSPS) is 14.9. The van der Waals surface area contributed by atoms with Crippen LogP contribution in [0.25, 0.3) is 0 Å². The largest absolute Gasteiger partial charge is 0.489 e. The predicted molar refractivity (Wildman–Crippen MR) is 87.7 cm³/mol. The molecule has 1 aromatic carbocycles. The van der Waals surface area contributed by atoms with Crippen molar-refractivity contribution in [3.8, 4) is 5.75 Å². The van der Waals surface area contributed by atoms with Gasteiger partial charge >= 0.3 is 0 Å². The average molecular weight is 298 g/mol. The zero-order valence-corrected chi connectivity index (χ0v) is 14.1. The first-order valence-corrected chi connectivity index (χ1v) is 7.85. The average Bonchev–Trinajstić information content (AvgIpc) is 2.33. The van der Waals surface area contributed by atoms with Gasteiger partial charge < -0.3 is 10.1 Å². The van der Waals surface area contributed by atoms with Crippen molar-refractivity contribution >= 4 is 11.6 Å². The molecule has 0 aliphatic heterocycles. The lowest BCUT2D eigenvalue weighted by molar-refractivity contribution is 0.155. The molecule has 0 spiro atoms. The molecule has 0 aliphatic carbocycles. The molecule has 1 rings (SSSR count). The third-order valence-electron chi connectivity index (χ3n) is 3.36. The Labute approximate surface area is 128 Å². The molecule has 0 fully saturated rings. The SMILES string of the molecule is CCNC(CCC(C)(C)C)C(C)Oc1cccc(Cl)c1. The lowest BCUT2D eigenvalue weighted by Gasteiger charge is -2.28. The van der Waals surface area contributed by atoms with Gasteiger partial charge in [0.25, 0.3) is 0 Å². The van der Waals surface area contributed by atoms with E-state index in [0.717, 1.165) is 18.7 Å². The molecular formula is C17H28ClNO. The van der Waals surface area contributed by atoms with E-state index in [1.54, 1.807) is 0 Å². The van der Waals surface area contributed by atoms with Crippen molar-refractivity contribution in [2.24, 2.45) is 5.41 Å². The molecule has 0 radical (unpaired) electrons. The number of halogens is 1. The van der Waals surface area contributed by atoms with E-state index in [0.29, 0.717) is 16.5 Å². The van der Waals surface area contributed by atoms with E-state index >= 15 is 0 Å². The minimum atomic E-state index is 0.121. The number of likely N-dealkylation sites (N-methyl/N-ethyl adjacent to an activating group) is 1. The molecule has 0 bridgehead atoms. The smallest absolute Gasteiger partial charge is 0.121 e. The summed E-state index contributed by atoms with van der Waals surface area (Å²) in [6.07, 6.45) is 2.41. The van der Waals surface area contributed by atoms with Crippen LogP contribution in [-0.4, -0.2) is 18.7 Å². The highest BCUT2D eigenvalue weighted by molar-refractivity contribution is 6.30. The second kappa shape index (κ2) is 7.90. The zero-order valence-electron chi connectivity index (χ0n) is 13.4. The van der Waals surface area contributed by atoms with E-state index in [-0.39, 0.29) is 6.10 Å². The summed E-state index contributed by atoms with van der Waals surface area (Å²) in [6, 6.07) is 7.96. The maximum Gasteiger partial charge on any atom is 0.121 e. The Bertz CT molecular complexity index is 400. The van der Waals surface area contributed by atoms with Gasteiger partial charge in [0, 0.05) is 11.1 Å². The molecular weight excluding hydrogens is 270 g/mol. The van der Waals surface area contributed by atoms with Crippen LogP contribution in [0.15, 0.2) is 24.3 Å². The minimum absolute atomic E-state index is 0.121. The fourth-order valence-electron chi connectivity index (χ4n) is 2.19. The maximum absolute atomic E-state index is 6.03. The number of hydrogen-bond acceptors (Lipinski definition) is 2. The summed E-state index contributed by atoms with van der Waals surface area (Å²) in [5.74, 6) is 0.837. The van der Waals surface area contributed by atoms with E-state index < -0.39 is 0 Å². The van der Waals surface area contributed by atoms with Crippen molar-refractivity contribution in [3.63, 3.8) is 0 Å². The van der Waals surface area contributed by atoms with Crippen LogP contribution in [0.5, 0.6) is 5.75 Å². The third kappa shape index (κ3) is 6.62. The number of hydrogen-bond donors (Lipinski definition) is 1. The second-order valence-electron chi connectivity index (χ2n) is 6.54. The van der Waals surface area contributed by atoms with Crippen LogP contribution in [-0.2, 0) is 0 Å². The van der Waals surface area contributed by atoms with Gasteiger partial charge in [-0.2, -0.15) is 0 Å². The molecule has 2 nitrogen and oxygen atoms in total. The van der Waals surface area contributed by atoms with E-state index in [2.05, 4.69) is 39.9 Å². The van der Waals surface area contributed by atoms with Gasteiger partial charge in [-0.25, -0.2) is 0 Å². The number of rotatable bonds is 7. The van der Waals surface area contributed by atoms with Crippen LogP contribution in [0.1, 0.15) is 47.5 Å². The van der Waals surface area contributed by atoms with Gasteiger partial charge in [0.15, 0.2) is 0 Å². The van der Waals surface area contributed by atoms with Gasteiger partial charge in [-0.3, -0.25) is 0 Å². The van der Waals surface area contributed by atoms with Crippen molar-refractivity contribution in [2.45, 2.75) is 59.6 Å². The van der Waals surface area contributed by atoms with Gasteiger partial charge in [0.2, 0.25) is 0 Å². The molecule has 0 aliphatic rings. The Morgan fingerprint density at radius 1 is 1.30 bits per heavy atom. The number of benzene rings is 1. The summed E-state index contributed by atoms with van der Waals surface area (Å²) in [4.78, 5) is 0. The lowest BCUT2D eigenvalue weighted by Crippen LogP contribution is -2.41. The first-order chi connectivity index (χ1) is 9.31. The Kier molecular flexibility index (Phi) is 6.84. The molecule has 20 heavy (non-hydrogen) atoms. The van der Waals surface area contributed by atoms with Crippen LogP contribution >= 0.6 is 11.6 Å². The second-order valence-corrected chi connectivity index (χ2v) is 6.98. The fraction of sp³-hybridized carbons (Fsp3) is 0.647. The summed E-state index contributed by atoms with van der Waals surface area (Å²) in [7, 11) is 0. The maximum atomic E-state index is 6.03. The monoisotopic (exact) mass is 297 g/mol. The molecule has 0 saturated carbocycles. The van der Waals surface area contributed by atoms with Crippen LogP contribution in [0.4, 0.5) is 0 Å². The summed E-state index contributed by atoms with van der Waals surface area (Å²) < 4.78 is 6.03. The first kappa shape index (κ1) is 17.3. The van der Waals surface area contributed by atoms with Crippen LogP contribution < -0.4 is 10.1 Å². The summed E-state index contributed by atoms with van der Waals surface area (Å²) in [6.45, 7) is 12.0. The van der Waals surface area contributed by atoms with E-state index in [1.807, 2.05) is 24.3 Å². The third-order valence-corrected chi connectivity index (χ3v) is 3.59. The topological polar surface area (TPSA) is 21.3 Å². The highest BCUT2D eigenvalue weighted by Crippen LogP contribution is 2.24. The van der Waals surface area contributed by atoms with Gasteiger partial charge in [-0.05, 0) is 49.9 Å².